The number of anilines is 1. The molecular formula is C14H20N6O2S. The van der Waals surface area contributed by atoms with Gasteiger partial charge in [0.1, 0.15) is 5.82 Å². The summed E-state index contributed by atoms with van der Waals surface area (Å²) < 4.78 is 28.0. The van der Waals surface area contributed by atoms with E-state index in [2.05, 4.69) is 19.8 Å². The van der Waals surface area contributed by atoms with Crippen LogP contribution in [0.3, 0.4) is 0 Å². The van der Waals surface area contributed by atoms with Crippen molar-refractivity contribution in [3.63, 3.8) is 0 Å². The third-order valence-electron chi connectivity index (χ3n) is 4.03. The predicted molar refractivity (Wildman–Crippen MR) is 87.2 cm³/mol. The lowest BCUT2D eigenvalue weighted by atomic mass is 10.4. The predicted octanol–water partition coefficient (Wildman–Crippen LogP) is 0.407. The van der Waals surface area contributed by atoms with Gasteiger partial charge in [0, 0.05) is 18.8 Å². The van der Waals surface area contributed by atoms with Crippen molar-refractivity contribution in [2.45, 2.75) is 25.5 Å². The first-order chi connectivity index (χ1) is 10.9. The SMILES string of the molecule is CNS(=O)(=O)C1CCN(c2cncc(-n3nc(C)cc3C)n2)C1. The number of nitrogens with one attached hydrogen (secondary N) is 1. The summed E-state index contributed by atoms with van der Waals surface area (Å²) in [5.74, 6) is 1.30. The van der Waals surface area contributed by atoms with Crippen molar-refractivity contribution in [1.29, 1.82) is 0 Å². The van der Waals surface area contributed by atoms with E-state index in [1.165, 1.54) is 7.05 Å². The van der Waals surface area contributed by atoms with Gasteiger partial charge in [-0.25, -0.2) is 22.8 Å². The molecular weight excluding hydrogens is 316 g/mol. The van der Waals surface area contributed by atoms with E-state index in [9.17, 15) is 8.42 Å². The topological polar surface area (TPSA) is 93.0 Å². The van der Waals surface area contributed by atoms with Crippen LogP contribution in [0, 0.1) is 13.8 Å². The summed E-state index contributed by atoms with van der Waals surface area (Å²) in [6, 6.07) is 1.97. The molecule has 9 heteroatoms. The Labute approximate surface area is 135 Å². The Morgan fingerprint density at radius 1 is 1.26 bits per heavy atom. The lowest BCUT2D eigenvalue weighted by Gasteiger charge is -2.17. The standard InChI is InChI=1S/C14H20N6O2S/c1-10-6-11(2)20(18-10)14-8-16-7-13(17-14)19-5-4-12(9-19)23(21,22)15-3/h6-8,12,15H,4-5,9H2,1-3H3. The molecule has 3 heterocycles. The molecule has 0 aliphatic carbocycles. The Balaban J connectivity index is 1.86. The Kier molecular flexibility index (Phi) is 4.07. The van der Waals surface area contributed by atoms with Gasteiger partial charge < -0.3 is 4.90 Å². The van der Waals surface area contributed by atoms with Crippen LogP contribution < -0.4 is 9.62 Å². The van der Waals surface area contributed by atoms with Crippen LogP contribution in [0.2, 0.25) is 0 Å². The summed E-state index contributed by atoms with van der Waals surface area (Å²) in [4.78, 5) is 10.8. The van der Waals surface area contributed by atoms with Crippen molar-refractivity contribution < 1.29 is 8.42 Å². The molecule has 1 atom stereocenters. The minimum absolute atomic E-state index is 0.415. The van der Waals surface area contributed by atoms with E-state index in [4.69, 9.17) is 0 Å². The van der Waals surface area contributed by atoms with E-state index >= 15 is 0 Å². The second-order valence-electron chi connectivity index (χ2n) is 5.68. The van der Waals surface area contributed by atoms with E-state index in [0.717, 1.165) is 11.4 Å². The number of hydrogen-bond donors (Lipinski definition) is 1. The zero-order valence-corrected chi connectivity index (χ0v) is 14.2. The van der Waals surface area contributed by atoms with Gasteiger partial charge in [-0.05, 0) is 33.4 Å². The van der Waals surface area contributed by atoms with Crippen LogP contribution in [0.1, 0.15) is 17.8 Å². The zero-order valence-electron chi connectivity index (χ0n) is 13.4. The Morgan fingerprint density at radius 2 is 2.00 bits per heavy atom. The maximum absolute atomic E-state index is 11.9. The molecule has 1 saturated heterocycles. The van der Waals surface area contributed by atoms with Crippen molar-refractivity contribution in [3.05, 3.63) is 29.8 Å². The van der Waals surface area contributed by atoms with Crippen molar-refractivity contribution in [2.24, 2.45) is 0 Å². The second kappa shape index (κ2) is 5.89. The molecule has 2 aromatic heterocycles. The molecule has 1 aliphatic heterocycles. The Morgan fingerprint density at radius 3 is 2.65 bits per heavy atom. The molecule has 23 heavy (non-hydrogen) atoms. The van der Waals surface area contributed by atoms with Crippen LogP contribution in [-0.2, 0) is 10.0 Å². The first kappa shape index (κ1) is 15.9. The molecule has 8 nitrogen and oxygen atoms in total. The molecule has 124 valence electrons. The Bertz CT molecular complexity index is 816. The van der Waals surface area contributed by atoms with Crippen LogP contribution in [0.5, 0.6) is 0 Å². The molecule has 1 aliphatic rings. The molecule has 0 bridgehead atoms. The highest BCUT2D eigenvalue weighted by Crippen LogP contribution is 2.22. The second-order valence-corrected chi connectivity index (χ2v) is 7.85. The normalized spacial score (nSPS) is 18.6. The summed E-state index contributed by atoms with van der Waals surface area (Å²) in [7, 11) is -1.82. The van der Waals surface area contributed by atoms with Crippen molar-refractivity contribution in [3.8, 4) is 5.82 Å². The fourth-order valence-electron chi connectivity index (χ4n) is 2.82. The number of nitrogens with zero attached hydrogens (tertiary/aromatic N) is 5. The average molecular weight is 336 g/mol. The minimum Gasteiger partial charge on any atom is -0.354 e. The smallest absolute Gasteiger partial charge is 0.216 e. The van der Waals surface area contributed by atoms with Crippen LogP contribution in [0.25, 0.3) is 5.82 Å². The van der Waals surface area contributed by atoms with Gasteiger partial charge in [0.25, 0.3) is 0 Å². The van der Waals surface area contributed by atoms with Crippen LogP contribution in [0.15, 0.2) is 18.5 Å². The van der Waals surface area contributed by atoms with Gasteiger partial charge >= 0.3 is 0 Å². The molecule has 0 radical (unpaired) electrons. The summed E-state index contributed by atoms with van der Waals surface area (Å²) in [6.07, 6.45) is 3.89. The van der Waals surface area contributed by atoms with Gasteiger partial charge in [-0.3, -0.25) is 4.98 Å². The first-order valence-corrected chi connectivity index (χ1v) is 8.98. The van der Waals surface area contributed by atoms with Gasteiger partial charge in [-0.15, -0.1) is 0 Å². The fourth-order valence-corrected chi connectivity index (χ4v) is 3.94. The van der Waals surface area contributed by atoms with E-state index in [0.29, 0.717) is 31.1 Å². The summed E-state index contributed by atoms with van der Waals surface area (Å²) >= 11 is 0. The maximum Gasteiger partial charge on any atom is 0.216 e. The number of sulfonamides is 1. The molecule has 1 fully saturated rings. The maximum atomic E-state index is 11.9. The van der Waals surface area contributed by atoms with E-state index in [1.807, 2.05) is 24.8 Å². The molecule has 1 unspecified atom stereocenters. The lowest BCUT2D eigenvalue weighted by molar-refractivity contribution is 0.575. The van der Waals surface area contributed by atoms with E-state index in [-0.39, 0.29) is 0 Å². The van der Waals surface area contributed by atoms with Crippen molar-refractivity contribution in [1.82, 2.24) is 24.5 Å². The average Bonchev–Trinajstić information content (AvgIpc) is 3.14. The van der Waals surface area contributed by atoms with E-state index < -0.39 is 15.3 Å². The van der Waals surface area contributed by atoms with Crippen molar-refractivity contribution in [2.75, 3.05) is 25.0 Å². The number of aromatic nitrogens is 4. The molecule has 0 spiro atoms. The summed E-state index contributed by atoms with van der Waals surface area (Å²) in [5, 5.41) is 3.98. The largest absolute Gasteiger partial charge is 0.354 e. The summed E-state index contributed by atoms with van der Waals surface area (Å²) in [5.41, 5.74) is 1.89. The molecule has 0 amide bonds. The summed E-state index contributed by atoms with van der Waals surface area (Å²) in [6.45, 7) is 4.94. The van der Waals surface area contributed by atoms with Crippen LogP contribution >= 0.6 is 0 Å². The number of hydrogen-bond acceptors (Lipinski definition) is 6. The van der Waals surface area contributed by atoms with Gasteiger partial charge in [-0.2, -0.15) is 5.10 Å². The first-order valence-electron chi connectivity index (χ1n) is 7.43. The zero-order chi connectivity index (χ0) is 16.6. The molecule has 0 saturated carbocycles. The molecule has 0 aromatic carbocycles. The molecule has 2 aromatic rings. The molecule has 1 N–H and O–H groups in total. The quantitative estimate of drug-likeness (QED) is 0.869. The minimum atomic E-state index is -3.26. The highest BCUT2D eigenvalue weighted by Gasteiger charge is 2.32. The van der Waals surface area contributed by atoms with Gasteiger partial charge in [-0.1, -0.05) is 0 Å². The lowest BCUT2D eigenvalue weighted by Crippen LogP contribution is -2.34. The third-order valence-corrected chi connectivity index (χ3v) is 5.86. The fraction of sp³-hybridized carbons (Fsp3) is 0.500. The molecule has 3 rings (SSSR count). The highest BCUT2D eigenvalue weighted by molar-refractivity contribution is 7.90. The van der Waals surface area contributed by atoms with Crippen LogP contribution in [0.4, 0.5) is 5.82 Å². The van der Waals surface area contributed by atoms with Crippen molar-refractivity contribution >= 4 is 15.8 Å². The third kappa shape index (κ3) is 3.06. The van der Waals surface area contributed by atoms with Gasteiger partial charge in [0.05, 0.1) is 23.3 Å². The highest BCUT2D eigenvalue weighted by atomic mass is 32.2. The monoisotopic (exact) mass is 336 g/mol. The Hall–Kier alpha value is -2.00. The number of rotatable bonds is 4. The van der Waals surface area contributed by atoms with E-state index in [1.54, 1.807) is 17.1 Å². The van der Waals surface area contributed by atoms with Gasteiger partial charge in [0.15, 0.2) is 5.82 Å². The van der Waals surface area contributed by atoms with Crippen LogP contribution in [-0.4, -0.2) is 53.6 Å². The number of aryl methyl sites for hydroxylation is 2. The van der Waals surface area contributed by atoms with Gasteiger partial charge in [0.2, 0.25) is 10.0 Å².